The average Bonchev–Trinajstić information content (AvgIpc) is 2.67. The van der Waals surface area contributed by atoms with Gasteiger partial charge in [0.15, 0.2) is 0 Å². The highest BCUT2D eigenvalue weighted by molar-refractivity contribution is 9.11. The lowest BCUT2D eigenvalue weighted by atomic mass is 9.92. The molecule has 1 aliphatic carbocycles. The molecule has 2 N–H and O–H groups in total. The van der Waals surface area contributed by atoms with Crippen LogP contribution in [0.3, 0.4) is 0 Å². The Morgan fingerprint density at radius 2 is 2.19 bits per heavy atom. The van der Waals surface area contributed by atoms with Crippen molar-refractivity contribution in [1.29, 1.82) is 0 Å². The summed E-state index contributed by atoms with van der Waals surface area (Å²) >= 11 is 5.26. The van der Waals surface area contributed by atoms with Crippen LogP contribution in [0.1, 0.15) is 30.6 Å². The lowest BCUT2D eigenvalue weighted by Gasteiger charge is -2.28. The van der Waals surface area contributed by atoms with Gasteiger partial charge in [-0.3, -0.25) is 0 Å². The fraction of sp³-hybridized carbons (Fsp3) is 0.667. The highest BCUT2D eigenvalue weighted by Crippen LogP contribution is 2.22. The lowest BCUT2D eigenvalue weighted by molar-refractivity contribution is 0.0914. The summed E-state index contributed by atoms with van der Waals surface area (Å²) in [5.41, 5.74) is 0. The molecule has 0 aliphatic heterocycles. The molecule has 1 fully saturated rings. The van der Waals surface area contributed by atoms with Crippen molar-refractivity contribution in [3.05, 3.63) is 20.8 Å². The first-order chi connectivity index (χ1) is 7.75. The number of hydrogen-bond donors (Lipinski definition) is 2. The molecular weight excluding hydrogens is 286 g/mol. The monoisotopic (exact) mass is 303 g/mol. The molecule has 0 aromatic carbocycles. The normalized spacial score (nSPS) is 25.9. The Bertz CT molecular complexity index is 329. The number of aliphatic hydroxyl groups is 1. The second kappa shape index (κ2) is 6.15. The van der Waals surface area contributed by atoms with Crippen molar-refractivity contribution in [3.8, 4) is 0 Å². The summed E-state index contributed by atoms with van der Waals surface area (Å²) in [6.07, 6.45) is 5.43. The highest BCUT2D eigenvalue weighted by atomic mass is 79.9. The SMILES string of the molecule is O[C@@H]1CCCC[C@H]1NCCc1ccc(Br)s1. The van der Waals surface area contributed by atoms with Gasteiger partial charge >= 0.3 is 0 Å². The van der Waals surface area contributed by atoms with Gasteiger partial charge in [0.05, 0.1) is 9.89 Å². The van der Waals surface area contributed by atoms with E-state index in [2.05, 4.69) is 33.4 Å². The molecule has 16 heavy (non-hydrogen) atoms. The fourth-order valence-electron chi connectivity index (χ4n) is 2.22. The number of halogens is 1. The van der Waals surface area contributed by atoms with Crippen molar-refractivity contribution in [1.82, 2.24) is 5.32 Å². The summed E-state index contributed by atoms with van der Waals surface area (Å²) in [6.45, 7) is 0.967. The molecule has 0 amide bonds. The van der Waals surface area contributed by atoms with E-state index in [0.29, 0.717) is 6.04 Å². The Balaban J connectivity index is 1.71. The predicted octanol–water partition coefficient (Wildman–Crippen LogP) is 2.95. The molecular formula is C12H18BrNOS. The molecule has 0 saturated heterocycles. The van der Waals surface area contributed by atoms with E-state index in [1.807, 2.05) is 0 Å². The van der Waals surface area contributed by atoms with Crippen LogP contribution in [0.15, 0.2) is 15.9 Å². The van der Waals surface area contributed by atoms with Gasteiger partial charge in [0.1, 0.15) is 0 Å². The van der Waals surface area contributed by atoms with Gasteiger partial charge in [-0.2, -0.15) is 0 Å². The molecule has 1 aromatic heterocycles. The molecule has 1 aliphatic rings. The van der Waals surface area contributed by atoms with E-state index < -0.39 is 0 Å². The van der Waals surface area contributed by atoms with Gasteiger partial charge in [-0.15, -0.1) is 11.3 Å². The molecule has 4 heteroatoms. The van der Waals surface area contributed by atoms with Crippen molar-refractivity contribution < 1.29 is 5.11 Å². The summed E-state index contributed by atoms with van der Waals surface area (Å²) in [5, 5.41) is 13.3. The van der Waals surface area contributed by atoms with Crippen LogP contribution in [0.4, 0.5) is 0 Å². The molecule has 2 rings (SSSR count). The maximum Gasteiger partial charge on any atom is 0.0701 e. The van der Waals surface area contributed by atoms with Crippen LogP contribution in [0.5, 0.6) is 0 Å². The number of hydrogen-bond acceptors (Lipinski definition) is 3. The first kappa shape index (κ1) is 12.6. The third-order valence-corrected chi connectivity index (χ3v) is 4.82. The first-order valence-corrected chi connectivity index (χ1v) is 7.52. The van der Waals surface area contributed by atoms with Crippen molar-refractivity contribution in [2.24, 2.45) is 0 Å². The van der Waals surface area contributed by atoms with E-state index in [4.69, 9.17) is 0 Å². The van der Waals surface area contributed by atoms with Crippen molar-refractivity contribution in [3.63, 3.8) is 0 Å². The smallest absolute Gasteiger partial charge is 0.0701 e. The zero-order valence-corrected chi connectivity index (χ0v) is 11.7. The Labute approximate surface area is 109 Å². The van der Waals surface area contributed by atoms with Gasteiger partial charge < -0.3 is 10.4 Å². The van der Waals surface area contributed by atoms with E-state index in [1.165, 1.54) is 21.5 Å². The maximum absolute atomic E-state index is 9.80. The van der Waals surface area contributed by atoms with Crippen LogP contribution < -0.4 is 5.32 Å². The summed E-state index contributed by atoms with van der Waals surface area (Å²) in [5.74, 6) is 0. The van der Waals surface area contributed by atoms with Crippen LogP contribution in [0.25, 0.3) is 0 Å². The lowest BCUT2D eigenvalue weighted by Crippen LogP contribution is -2.42. The van der Waals surface area contributed by atoms with Crippen molar-refractivity contribution in [2.75, 3.05) is 6.54 Å². The summed E-state index contributed by atoms with van der Waals surface area (Å²) in [6, 6.07) is 4.57. The molecule has 1 saturated carbocycles. The predicted molar refractivity (Wildman–Crippen MR) is 72.0 cm³/mol. The Kier molecular flexibility index (Phi) is 4.82. The maximum atomic E-state index is 9.80. The van der Waals surface area contributed by atoms with Gasteiger partial charge in [0.25, 0.3) is 0 Å². The molecule has 0 radical (unpaired) electrons. The van der Waals surface area contributed by atoms with Crippen LogP contribution in [-0.2, 0) is 6.42 Å². The minimum atomic E-state index is -0.135. The Morgan fingerprint density at radius 3 is 2.88 bits per heavy atom. The molecule has 2 nitrogen and oxygen atoms in total. The van der Waals surface area contributed by atoms with E-state index in [-0.39, 0.29) is 6.10 Å². The van der Waals surface area contributed by atoms with Gasteiger partial charge in [-0.1, -0.05) is 12.8 Å². The topological polar surface area (TPSA) is 32.3 Å². The third-order valence-electron chi connectivity index (χ3n) is 3.14. The summed E-state index contributed by atoms with van der Waals surface area (Å²) < 4.78 is 1.19. The molecule has 0 unspecified atom stereocenters. The van der Waals surface area contributed by atoms with E-state index >= 15 is 0 Å². The Morgan fingerprint density at radius 1 is 1.38 bits per heavy atom. The highest BCUT2D eigenvalue weighted by Gasteiger charge is 2.21. The van der Waals surface area contributed by atoms with E-state index in [9.17, 15) is 5.11 Å². The minimum absolute atomic E-state index is 0.135. The first-order valence-electron chi connectivity index (χ1n) is 5.91. The fourth-order valence-corrected chi connectivity index (χ4v) is 3.70. The van der Waals surface area contributed by atoms with Gasteiger partial charge in [0, 0.05) is 17.5 Å². The zero-order chi connectivity index (χ0) is 11.4. The molecule has 0 spiro atoms. The molecule has 1 aromatic rings. The van der Waals surface area contributed by atoms with Crippen LogP contribution in [0.2, 0.25) is 0 Å². The number of aliphatic hydroxyl groups excluding tert-OH is 1. The van der Waals surface area contributed by atoms with Gasteiger partial charge in [-0.05, 0) is 47.3 Å². The van der Waals surface area contributed by atoms with E-state index in [0.717, 1.165) is 25.8 Å². The zero-order valence-electron chi connectivity index (χ0n) is 9.29. The van der Waals surface area contributed by atoms with Crippen molar-refractivity contribution in [2.45, 2.75) is 44.2 Å². The Hall–Kier alpha value is 0.1000. The third kappa shape index (κ3) is 3.55. The second-order valence-corrected chi connectivity index (χ2v) is 6.92. The molecule has 1 heterocycles. The number of rotatable bonds is 4. The quantitative estimate of drug-likeness (QED) is 0.896. The standard InChI is InChI=1S/C12H18BrNOS/c13-12-6-5-9(16-12)7-8-14-10-3-1-2-4-11(10)15/h5-6,10-11,14-15H,1-4,7-8H2/t10-,11-/m1/s1. The number of nitrogens with one attached hydrogen (secondary N) is 1. The van der Waals surface area contributed by atoms with Gasteiger partial charge in [-0.25, -0.2) is 0 Å². The largest absolute Gasteiger partial charge is 0.392 e. The minimum Gasteiger partial charge on any atom is -0.392 e. The molecule has 0 bridgehead atoms. The van der Waals surface area contributed by atoms with E-state index in [1.54, 1.807) is 11.3 Å². The summed E-state index contributed by atoms with van der Waals surface area (Å²) in [7, 11) is 0. The number of thiophene rings is 1. The van der Waals surface area contributed by atoms with Crippen molar-refractivity contribution >= 4 is 27.3 Å². The van der Waals surface area contributed by atoms with Crippen LogP contribution in [-0.4, -0.2) is 23.8 Å². The van der Waals surface area contributed by atoms with Crippen LogP contribution >= 0.6 is 27.3 Å². The van der Waals surface area contributed by atoms with Crippen LogP contribution in [0, 0.1) is 0 Å². The summed E-state index contributed by atoms with van der Waals surface area (Å²) in [4.78, 5) is 1.39. The molecule has 90 valence electrons. The second-order valence-electron chi connectivity index (χ2n) is 4.37. The molecule has 2 atom stereocenters. The van der Waals surface area contributed by atoms with Gasteiger partial charge in [0.2, 0.25) is 0 Å². The average molecular weight is 304 g/mol.